The summed E-state index contributed by atoms with van der Waals surface area (Å²) in [5, 5.41) is 6.81. The quantitative estimate of drug-likeness (QED) is 0.759. The Morgan fingerprint density at radius 1 is 1.45 bits per heavy atom. The van der Waals surface area contributed by atoms with E-state index in [0.29, 0.717) is 11.4 Å². The minimum atomic E-state index is -3.41. The Labute approximate surface area is 131 Å². The van der Waals surface area contributed by atoms with Crippen molar-refractivity contribution in [3.8, 4) is 0 Å². The van der Waals surface area contributed by atoms with Gasteiger partial charge in [0.1, 0.15) is 0 Å². The molecule has 0 amide bonds. The molecule has 0 aliphatic heterocycles. The third kappa shape index (κ3) is 3.69. The average molecular weight is 378 g/mol. The second kappa shape index (κ2) is 6.38. The first kappa shape index (κ1) is 15.7. The molecule has 0 spiro atoms. The fourth-order valence-electron chi connectivity index (χ4n) is 1.89. The fraction of sp³-hybridized carbons (Fsp3) is 0.417. The van der Waals surface area contributed by atoms with Gasteiger partial charge in [0.05, 0.1) is 14.9 Å². The van der Waals surface area contributed by atoms with Gasteiger partial charge >= 0.3 is 0 Å². The summed E-state index contributed by atoms with van der Waals surface area (Å²) >= 11 is 4.73. The van der Waals surface area contributed by atoms with E-state index in [1.807, 2.05) is 6.92 Å². The molecule has 8 heteroatoms. The zero-order valence-electron chi connectivity index (χ0n) is 11.2. The van der Waals surface area contributed by atoms with Gasteiger partial charge in [-0.25, -0.2) is 13.1 Å². The highest BCUT2D eigenvalue weighted by molar-refractivity contribution is 9.11. The van der Waals surface area contributed by atoms with Crippen LogP contribution in [-0.4, -0.2) is 25.2 Å². The fourth-order valence-corrected chi connectivity index (χ4v) is 5.37. The van der Waals surface area contributed by atoms with Crippen molar-refractivity contribution in [1.82, 2.24) is 14.9 Å². The van der Waals surface area contributed by atoms with Gasteiger partial charge in [-0.15, -0.1) is 11.3 Å². The lowest BCUT2D eigenvalue weighted by molar-refractivity contribution is 0.579. The van der Waals surface area contributed by atoms with Crippen LogP contribution in [0.3, 0.4) is 0 Å². The average Bonchev–Trinajstić information content (AvgIpc) is 2.91. The lowest BCUT2D eigenvalue weighted by Gasteiger charge is -2.06. The number of aryl methyl sites for hydroxylation is 3. The lowest BCUT2D eigenvalue weighted by atomic mass is 10.1. The molecular formula is C12H16BrN3O2S2. The van der Waals surface area contributed by atoms with Crippen molar-refractivity contribution < 1.29 is 8.42 Å². The number of hydrogen-bond donors (Lipinski definition) is 2. The maximum Gasteiger partial charge on any atom is 0.241 e. The predicted octanol–water partition coefficient (Wildman–Crippen LogP) is 2.76. The highest BCUT2D eigenvalue weighted by atomic mass is 79.9. The zero-order valence-corrected chi connectivity index (χ0v) is 14.5. The van der Waals surface area contributed by atoms with E-state index in [4.69, 9.17) is 0 Å². The summed E-state index contributed by atoms with van der Waals surface area (Å²) in [7, 11) is -3.41. The van der Waals surface area contributed by atoms with Crippen LogP contribution in [0, 0.1) is 13.8 Å². The van der Waals surface area contributed by atoms with Gasteiger partial charge in [-0.2, -0.15) is 5.10 Å². The van der Waals surface area contributed by atoms with Crippen LogP contribution < -0.4 is 4.72 Å². The topological polar surface area (TPSA) is 74.8 Å². The highest BCUT2D eigenvalue weighted by Gasteiger charge is 2.18. The van der Waals surface area contributed by atoms with E-state index in [2.05, 4.69) is 30.8 Å². The summed E-state index contributed by atoms with van der Waals surface area (Å²) in [5.74, 6) is 0. The predicted molar refractivity (Wildman–Crippen MR) is 83.6 cm³/mol. The van der Waals surface area contributed by atoms with Crippen LogP contribution >= 0.6 is 27.3 Å². The van der Waals surface area contributed by atoms with Crippen molar-refractivity contribution in [2.24, 2.45) is 0 Å². The smallest absolute Gasteiger partial charge is 0.241 e. The van der Waals surface area contributed by atoms with Gasteiger partial charge in [0.2, 0.25) is 10.0 Å². The van der Waals surface area contributed by atoms with E-state index in [1.54, 1.807) is 19.2 Å². The second-order valence-corrected chi connectivity index (χ2v) is 8.86. The van der Waals surface area contributed by atoms with Crippen LogP contribution in [-0.2, 0) is 16.4 Å². The number of thiophene rings is 1. The molecule has 0 aromatic carbocycles. The number of nitrogens with one attached hydrogen (secondary N) is 2. The number of sulfonamides is 1. The Morgan fingerprint density at radius 3 is 2.75 bits per heavy atom. The molecule has 0 bridgehead atoms. The van der Waals surface area contributed by atoms with Crippen molar-refractivity contribution in [2.45, 2.75) is 31.6 Å². The van der Waals surface area contributed by atoms with E-state index < -0.39 is 10.0 Å². The lowest BCUT2D eigenvalue weighted by Crippen LogP contribution is -2.25. The Bertz CT molecular complexity index is 691. The zero-order chi connectivity index (χ0) is 14.8. The Morgan fingerprint density at radius 2 is 2.20 bits per heavy atom. The van der Waals surface area contributed by atoms with Crippen molar-refractivity contribution in [2.75, 3.05) is 6.54 Å². The van der Waals surface area contributed by atoms with Crippen LogP contribution in [0.4, 0.5) is 0 Å². The van der Waals surface area contributed by atoms with Crippen LogP contribution in [0.2, 0.25) is 0 Å². The van der Waals surface area contributed by atoms with Gasteiger partial charge in [-0.1, -0.05) is 0 Å². The third-order valence-corrected chi connectivity index (χ3v) is 6.25. The molecule has 0 unspecified atom stereocenters. The molecule has 2 aromatic rings. The van der Waals surface area contributed by atoms with E-state index in [-0.39, 0.29) is 0 Å². The molecule has 0 saturated heterocycles. The molecular weight excluding hydrogens is 362 g/mol. The standard InChI is InChI=1S/C12H16BrN3O2S2/c1-8-10(7-14-16-8)4-3-5-15-20(17,18)11-6-12(13)19-9(11)2/h6-7,15H,3-5H2,1-2H3,(H,14,16). The summed E-state index contributed by atoms with van der Waals surface area (Å²) in [5.41, 5.74) is 2.16. The van der Waals surface area contributed by atoms with Crippen LogP contribution in [0.5, 0.6) is 0 Å². The highest BCUT2D eigenvalue weighted by Crippen LogP contribution is 2.29. The molecule has 0 fully saturated rings. The van der Waals surface area contributed by atoms with Crippen molar-refractivity contribution >= 4 is 37.3 Å². The van der Waals surface area contributed by atoms with Gasteiger partial charge < -0.3 is 0 Å². The summed E-state index contributed by atoms with van der Waals surface area (Å²) < 4.78 is 27.8. The molecule has 5 nitrogen and oxygen atoms in total. The summed E-state index contributed by atoms with van der Waals surface area (Å²) in [6.07, 6.45) is 3.32. The van der Waals surface area contributed by atoms with Crippen LogP contribution in [0.25, 0.3) is 0 Å². The van der Waals surface area contributed by atoms with Gasteiger partial charge in [-0.3, -0.25) is 5.10 Å². The molecule has 0 saturated carbocycles. The van der Waals surface area contributed by atoms with E-state index in [0.717, 1.165) is 32.8 Å². The Balaban J connectivity index is 1.90. The van der Waals surface area contributed by atoms with E-state index in [1.165, 1.54) is 11.3 Å². The molecule has 20 heavy (non-hydrogen) atoms. The first-order valence-electron chi connectivity index (χ1n) is 6.14. The van der Waals surface area contributed by atoms with Gasteiger partial charge in [0, 0.05) is 17.1 Å². The van der Waals surface area contributed by atoms with Crippen molar-refractivity contribution in [3.05, 3.63) is 32.2 Å². The van der Waals surface area contributed by atoms with Gasteiger partial charge in [-0.05, 0) is 54.2 Å². The SMILES string of the molecule is Cc1[nH]ncc1CCCNS(=O)(=O)c1cc(Br)sc1C. The maximum absolute atomic E-state index is 12.2. The number of aromatic amines is 1. The Kier molecular flexibility index (Phi) is 5.00. The normalized spacial score (nSPS) is 11.9. The molecule has 0 atom stereocenters. The van der Waals surface area contributed by atoms with Crippen LogP contribution in [0.15, 0.2) is 20.9 Å². The Hall–Kier alpha value is -0.700. The number of aromatic nitrogens is 2. The second-order valence-electron chi connectivity index (χ2n) is 4.49. The van der Waals surface area contributed by atoms with E-state index >= 15 is 0 Å². The van der Waals surface area contributed by atoms with Crippen LogP contribution in [0.1, 0.15) is 22.6 Å². The minimum absolute atomic E-state index is 0.355. The summed E-state index contributed by atoms with van der Waals surface area (Å²) in [6, 6.07) is 1.64. The summed E-state index contributed by atoms with van der Waals surface area (Å²) in [6.45, 7) is 4.18. The number of halogens is 1. The minimum Gasteiger partial charge on any atom is -0.283 e. The maximum atomic E-state index is 12.2. The van der Waals surface area contributed by atoms with Crippen molar-refractivity contribution in [3.63, 3.8) is 0 Å². The van der Waals surface area contributed by atoms with E-state index in [9.17, 15) is 8.42 Å². The summed E-state index contributed by atoms with van der Waals surface area (Å²) in [4.78, 5) is 1.14. The van der Waals surface area contributed by atoms with Gasteiger partial charge in [0.15, 0.2) is 0 Å². The number of hydrogen-bond acceptors (Lipinski definition) is 4. The molecule has 0 aliphatic carbocycles. The number of H-pyrrole nitrogens is 1. The van der Waals surface area contributed by atoms with Crippen molar-refractivity contribution in [1.29, 1.82) is 0 Å². The molecule has 110 valence electrons. The molecule has 2 aromatic heterocycles. The molecule has 0 radical (unpaired) electrons. The number of nitrogens with zero attached hydrogens (tertiary/aromatic N) is 1. The molecule has 2 N–H and O–H groups in total. The molecule has 2 heterocycles. The number of rotatable bonds is 6. The molecule has 0 aliphatic rings. The first-order valence-corrected chi connectivity index (χ1v) is 9.24. The monoisotopic (exact) mass is 377 g/mol. The molecule has 2 rings (SSSR count). The largest absolute Gasteiger partial charge is 0.283 e. The van der Waals surface area contributed by atoms with Gasteiger partial charge in [0.25, 0.3) is 0 Å². The first-order chi connectivity index (χ1) is 9.40. The third-order valence-electron chi connectivity index (χ3n) is 2.98.